The van der Waals surface area contributed by atoms with Gasteiger partial charge in [-0.1, -0.05) is 12.1 Å². The number of oxazole rings is 1. The summed E-state index contributed by atoms with van der Waals surface area (Å²) in [6.07, 6.45) is 5.09. The average molecular weight is 884 g/mol. The van der Waals surface area contributed by atoms with Gasteiger partial charge in [0.15, 0.2) is 11.5 Å². The van der Waals surface area contributed by atoms with E-state index in [1.54, 1.807) is 44.2 Å². The first-order valence-electron chi connectivity index (χ1n) is 22.3. The molecule has 4 fully saturated rings. The zero-order chi connectivity index (χ0) is 45.1. The van der Waals surface area contributed by atoms with Crippen LogP contribution in [0.3, 0.4) is 0 Å². The Labute approximate surface area is 367 Å². The van der Waals surface area contributed by atoms with E-state index in [1.807, 2.05) is 0 Å². The first-order valence-corrected chi connectivity index (χ1v) is 22.3. The summed E-state index contributed by atoms with van der Waals surface area (Å²) in [6.45, 7) is 7.00. The molecule has 3 aliphatic heterocycles. The molecule has 4 N–H and O–H groups in total. The average Bonchev–Trinajstić information content (AvgIpc) is 3.77. The van der Waals surface area contributed by atoms with Crippen molar-refractivity contribution in [1.29, 1.82) is 0 Å². The Kier molecular flexibility index (Phi) is 11.4. The largest absolute Gasteiger partial charge is 0.440 e. The van der Waals surface area contributed by atoms with Crippen LogP contribution < -0.4 is 16.0 Å². The minimum absolute atomic E-state index is 0.0761. The summed E-state index contributed by atoms with van der Waals surface area (Å²) in [5, 5.41) is 19.2. The molecule has 14 nitrogen and oxygen atoms in total. The van der Waals surface area contributed by atoms with Gasteiger partial charge in [-0.15, -0.1) is 0 Å². The molecular weight excluding hydrogens is 832 g/mol. The van der Waals surface area contributed by atoms with Crippen LogP contribution >= 0.6 is 0 Å². The number of carbonyl (C=O) groups excluding carboxylic acids is 5. The van der Waals surface area contributed by atoms with E-state index in [-0.39, 0.29) is 35.6 Å². The summed E-state index contributed by atoms with van der Waals surface area (Å²) in [5.41, 5.74) is -0.000925. The molecule has 1 spiro atoms. The van der Waals surface area contributed by atoms with E-state index >= 15 is 0 Å². The number of pyridine rings is 1. The minimum atomic E-state index is -4.71. The highest BCUT2D eigenvalue weighted by Gasteiger charge is 2.47. The number of anilines is 2. The van der Waals surface area contributed by atoms with Crippen LogP contribution in [0.5, 0.6) is 0 Å². The predicted molar refractivity (Wildman–Crippen MR) is 228 cm³/mol. The second-order valence-corrected chi connectivity index (χ2v) is 19.0. The highest BCUT2D eigenvalue weighted by molar-refractivity contribution is 6.25. The van der Waals surface area contributed by atoms with Crippen LogP contribution in [0.15, 0.2) is 52.9 Å². The lowest BCUT2D eigenvalue weighted by atomic mass is 9.57. The van der Waals surface area contributed by atoms with E-state index in [9.17, 15) is 42.3 Å². The molecule has 0 radical (unpaired) electrons. The van der Waals surface area contributed by atoms with Crippen molar-refractivity contribution in [3.05, 3.63) is 82.5 Å². The minimum Gasteiger partial charge on any atom is -0.440 e. The van der Waals surface area contributed by atoms with E-state index in [2.05, 4.69) is 25.8 Å². The van der Waals surface area contributed by atoms with Gasteiger partial charge >= 0.3 is 6.18 Å². The van der Waals surface area contributed by atoms with Crippen molar-refractivity contribution >= 4 is 52.0 Å². The predicted octanol–water partition coefficient (Wildman–Crippen LogP) is 7.39. The molecule has 5 aliphatic rings. The van der Waals surface area contributed by atoms with E-state index in [4.69, 9.17) is 9.40 Å². The Morgan fingerprint density at radius 2 is 1.66 bits per heavy atom. The topological polar surface area (TPSA) is 187 Å². The SMILES string of the molecule is CC(C)(O)c1cc2nc([C@H]3CC[C@H](CN4CCC5(CC4)CC(CCNc4cccc6c4C(=O)N(C4CCC(=O)NC4=O)C6=O)C5)CC3)oc2cc1NC(=O)c1cccc(C(F)(F)F)n1. The molecule has 17 heteroatoms. The number of rotatable bonds is 11. The van der Waals surface area contributed by atoms with Crippen molar-refractivity contribution in [2.75, 3.05) is 36.8 Å². The van der Waals surface area contributed by atoms with Gasteiger partial charge in [-0.25, -0.2) is 9.97 Å². The first kappa shape index (κ1) is 43.6. The van der Waals surface area contributed by atoms with Crippen LogP contribution in [-0.2, 0) is 21.4 Å². The standard InChI is InChI=1S/C47H52F3N7O7/c1-45(2,63)30-21-34-36(22-33(30)53-40(59)32-7-4-8-37(52-32)47(48,49)50)64-42(54-34)28-11-9-26(10-12-28)25-56-19-16-46(17-20-56)23-27(24-46)15-18-51-31-6-3-5-29-39(31)44(62)57(43(29)61)35-13-14-38(58)55-41(35)60/h3-8,21-22,26-28,35,51,63H,9-20,23-25H2,1-2H3,(H,53,59)(H,55,58,60)/t26-,28-,35?. The Hall–Kier alpha value is -5.68. The molecule has 2 aromatic carbocycles. The maximum atomic E-state index is 13.5. The summed E-state index contributed by atoms with van der Waals surface area (Å²) in [7, 11) is 0. The number of likely N-dealkylation sites (tertiary alicyclic amines) is 1. The number of alkyl halides is 3. The molecule has 2 aromatic heterocycles. The number of aromatic nitrogens is 2. The summed E-state index contributed by atoms with van der Waals surface area (Å²) in [4.78, 5) is 75.8. The van der Waals surface area contributed by atoms with Gasteiger partial charge in [0.25, 0.3) is 17.7 Å². The normalized spacial score (nSPS) is 23.0. The monoisotopic (exact) mass is 883 g/mol. The molecule has 9 rings (SSSR count). The summed E-state index contributed by atoms with van der Waals surface area (Å²) >= 11 is 0. The zero-order valence-electron chi connectivity index (χ0n) is 35.9. The second kappa shape index (κ2) is 16.7. The molecule has 2 aliphatic carbocycles. The summed E-state index contributed by atoms with van der Waals surface area (Å²) in [6, 6.07) is 10.5. The highest BCUT2D eigenvalue weighted by atomic mass is 19.4. The number of hydrogen-bond acceptors (Lipinski definition) is 11. The van der Waals surface area contributed by atoms with Gasteiger partial charge in [-0.05, 0) is 139 Å². The molecule has 5 heterocycles. The van der Waals surface area contributed by atoms with Crippen LogP contribution in [0, 0.1) is 17.3 Å². The molecule has 1 unspecified atom stereocenters. The number of halogens is 3. The maximum Gasteiger partial charge on any atom is 0.433 e. The number of benzene rings is 2. The number of carbonyl (C=O) groups is 5. The summed E-state index contributed by atoms with van der Waals surface area (Å²) in [5.74, 6) is -1.02. The number of aliphatic hydroxyl groups is 1. The number of nitrogens with zero attached hydrogens (tertiary/aromatic N) is 4. The quantitative estimate of drug-likeness (QED) is 0.110. The molecule has 0 bridgehead atoms. The number of imide groups is 2. The third-order valence-electron chi connectivity index (χ3n) is 14.1. The lowest BCUT2D eigenvalue weighted by Gasteiger charge is -2.53. The lowest BCUT2D eigenvalue weighted by Crippen LogP contribution is -2.54. The van der Waals surface area contributed by atoms with Gasteiger partial charge in [0.2, 0.25) is 11.8 Å². The van der Waals surface area contributed by atoms with Crippen LogP contribution in [0.2, 0.25) is 0 Å². The summed E-state index contributed by atoms with van der Waals surface area (Å²) < 4.78 is 46.0. The second-order valence-electron chi connectivity index (χ2n) is 19.0. The highest BCUT2D eigenvalue weighted by Crippen LogP contribution is 2.54. The zero-order valence-corrected chi connectivity index (χ0v) is 35.9. The third kappa shape index (κ3) is 8.63. The molecule has 5 amide bonds. The van der Waals surface area contributed by atoms with Gasteiger partial charge in [-0.2, -0.15) is 13.2 Å². The third-order valence-corrected chi connectivity index (χ3v) is 14.1. The Balaban J connectivity index is 0.730. The molecular formula is C47H52F3N7O7. The smallest absolute Gasteiger partial charge is 0.433 e. The van der Waals surface area contributed by atoms with Crippen LogP contribution in [0.25, 0.3) is 11.1 Å². The number of piperidine rings is 2. The number of hydrogen-bond donors (Lipinski definition) is 4. The molecule has 2 saturated heterocycles. The van der Waals surface area contributed by atoms with Crippen molar-refractivity contribution in [3.8, 4) is 0 Å². The Bertz CT molecular complexity index is 2510. The van der Waals surface area contributed by atoms with Gasteiger partial charge < -0.3 is 25.1 Å². The van der Waals surface area contributed by atoms with E-state index in [0.717, 1.165) is 68.8 Å². The maximum absolute atomic E-state index is 13.5. The van der Waals surface area contributed by atoms with Gasteiger partial charge in [0.1, 0.15) is 22.9 Å². The molecule has 338 valence electrons. The fraction of sp³-hybridized carbons (Fsp3) is 0.511. The van der Waals surface area contributed by atoms with Crippen molar-refractivity contribution in [1.82, 2.24) is 25.1 Å². The fourth-order valence-electron chi connectivity index (χ4n) is 10.7. The lowest BCUT2D eigenvalue weighted by molar-refractivity contribution is -0.141. The number of fused-ring (bicyclic) bond motifs is 2. The number of nitrogens with one attached hydrogen (secondary N) is 3. The number of amides is 5. The van der Waals surface area contributed by atoms with E-state index in [0.29, 0.717) is 52.0 Å². The van der Waals surface area contributed by atoms with Crippen LogP contribution in [-0.4, -0.2) is 86.6 Å². The molecule has 64 heavy (non-hydrogen) atoms. The van der Waals surface area contributed by atoms with Crippen LogP contribution in [0.1, 0.15) is 139 Å². The van der Waals surface area contributed by atoms with Gasteiger partial charge in [0, 0.05) is 42.7 Å². The first-order chi connectivity index (χ1) is 30.4. The van der Waals surface area contributed by atoms with Gasteiger partial charge in [0.05, 0.1) is 22.4 Å². The van der Waals surface area contributed by atoms with Gasteiger partial charge in [-0.3, -0.25) is 34.2 Å². The van der Waals surface area contributed by atoms with Crippen molar-refractivity contribution in [2.24, 2.45) is 17.3 Å². The molecule has 1 atom stereocenters. The Morgan fingerprint density at radius 3 is 2.36 bits per heavy atom. The van der Waals surface area contributed by atoms with E-state index in [1.165, 1.54) is 31.7 Å². The van der Waals surface area contributed by atoms with Crippen LogP contribution in [0.4, 0.5) is 24.5 Å². The molecule has 2 saturated carbocycles. The Morgan fingerprint density at radius 1 is 0.922 bits per heavy atom. The van der Waals surface area contributed by atoms with Crippen molar-refractivity contribution in [3.63, 3.8) is 0 Å². The van der Waals surface area contributed by atoms with Crippen molar-refractivity contribution in [2.45, 2.75) is 108 Å². The van der Waals surface area contributed by atoms with Crippen molar-refractivity contribution < 1.29 is 46.7 Å². The van der Waals surface area contributed by atoms with E-state index < -0.39 is 58.7 Å². The molecule has 4 aromatic rings. The fourth-order valence-corrected chi connectivity index (χ4v) is 10.7.